The Morgan fingerprint density at radius 1 is 1.18 bits per heavy atom. The number of carboxylic acids is 1. The summed E-state index contributed by atoms with van der Waals surface area (Å²) in [4.78, 5) is 31.8. The van der Waals surface area contributed by atoms with Crippen LogP contribution in [0.5, 0.6) is 0 Å². The van der Waals surface area contributed by atoms with Gasteiger partial charge in [0.1, 0.15) is 5.69 Å². The van der Waals surface area contributed by atoms with E-state index in [2.05, 4.69) is 34.1 Å². The zero-order chi connectivity index (χ0) is 25.5. The molecule has 1 aromatic carbocycles. The molecule has 13 heteroatoms. The van der Waals surface area contributed by atoms with Crippen LogP contribution in [0.4, 0.5) is 18.3 Å². The Hall–Kier alpha value is -2.08. The molecule has 2 aromatic rings. The van der Waals surface area contributed by atoms with Crippen LogP contribution in [-0.2, 0) is 17.6 Å². The number of aliphatic carboxylic acids is 1. The van der Waals surface area contributed by atoms with Crippen molar-refractivity contribution in [2.45, 2.75) is 25.9 Å². The van der Waals surface area contributed by atoms with E-state index < -0.39 is 12.1 Å². The predicted octanol–water partition coefficient (Wildman–Crippen LogP) is 4.37. The van der Waals surface area contributed by atoms with E-state index in [1.54, 1.807) is 17.4 Å². The summed E-state index contributed by atoms with van der Waals surface area (Å²) >= 11 is 13.6. The molecule has 1 aliphatic heterocycles. The number of nitrogens with zero attached hydrogens (tertiary/aromatic N) is 3. The van der Waals surface area contributed by atoms with Crippen molar-refractivity contribution in [2.75, 3.05) is 44.7 Å². The number of benzene rings is 1. The predicted molar refractivity (Wildman–Crippen MR) is 127 cm³/mol. The van der Waals surface area contributed by atoms with Gasteiger partial charge in [0.05, 0.1) is 10.0 Å². The third-order valence-electron chi connectivity index (χ3n) is 4.92. The van der Waals surface area contributed by atoms with Crippen LogP contribution in [0.25, 0.3) is 0 Å². The average Bonchev–Trinajstić information content (AvgIpc) is 3.21. The molecule has 0 bridgehead atoms. The van der Waals surface area contributed by atoms with Crippen molar-refractivity contribution in [3.05, 3.63) is 44.4 Å². The van der Waals surface area contributed by atoms with Gasteiger partial charge in [0.15, 0.2) is 5.13 Å². The number of hydrogen-bond donors (Lipinski definition) is 2. The highest BCUT2D eigenvalue weighted by Crippen LogP contribution is 2.28. The third-order valence-corrected chi connectivity index (χ3v) is 6.92. The number of carboxylic acid groups (broad SMARTS) is 1. The molecule has 1 aromatic heterocycles. The van der Waals surface area contributed by atoms with Crippen LogP contribution in [0.15, 0.2) is 18.2 Å². The zero-order valence-electron chi connectivity index (χ0n) is 18.6. The molecule has 188 valence electrons. The monoisotopic (exact) mass is 540 g/mol. The number of likely N-dealkylation sites (N-methyl/N-ethyl adjacent to an activating group) is 1. The Kier molecular flexibility index (Phi) is 10.4. The maximum atomic E-state index is 12.6. The van der Waals surface area contributed by atoms with Crippen LogP contribution in [0.2, 0.25) is 10.0 Å². The summed E-state index contributed by atoms with van der Waals surface area (Å²) in [5, 5.41) is 12.1. The zero-order valence-corrected chi connectivity index (χ0v) is 20.9. The molecule has 7 nitrogen and oxygen atoms in total. The summed E-state index contributed by atoms with van der Waals surface area (Å²) in [5.41, 5.74) is 1.60. The Labute approximate surface area is 209 Å². The van der Waals surface area contributed by atoms with Gasteiger partial charge in [-0.15, -0.1) is 11.3 Å². The van der Waals surface area contributed by atoms with Crippen molar-refractivity contribution < 1.29 is 27.9 Å². The summed E-state index contributed by atoms with van der Waals surface area (Å²) in [6.07, 6.45) is -3.58. The average molecular weight is 541 g/mol. The lowest BCUT2D eigenvalue weighted by Crippen LogP contribution is -2.44. The lowest BCUT2D eigenvalue weighted by molar-refractivity contribution is -0.192. The molecule has 0 aliphatic carbocycles. The lowest BCUT2D eigenvalue weighted by Gasteiger charge is -2.32. The molecule has 1 fully saturated rings. The molecule has 2 heterocycles. The summed E-state index contributed by atoms with van der Waals surface area (Å²) in [6.45, 7) is 6.53. The van der Waals surface area contributed by atoms with Crippen molar-refractivity contribution in [3.8, 4) is 0 Å². The van der Waals surface area contributed by atoms with Gasteiger partial charge in [-0.2, -0.15) is 13.2 Å². The van der Waals surface area contributed by atoms with Gasteiger partial charge in [0.25, 0.3) is 5.91 Å². The molecule has 2 N–H and O–H groups in total. The Bertz CT molecular complexity index is 996. The fourth-order valence-corrected chi connectivity index (χ4v) is 4.36. The Morgan fingerprint density at radius 2 is 1.79 bits per heavy atom. The molecule has 0 atom stereocenters. The second kappa shape index (κ2) is 12.6. The van der Waals surface area contributed by atoms with Crippen molar-refractivity contribution in [1.29, 1.82) is 0 Å². The van der Waals surface area contributed by atoms with Crippen molar-refractivity contribution in [2.24, 2.45) is 0 Å². The lowest BCUT2D eigenvalue weighted by atomic mass is 10.1. The molecule has 0 spiro atoms. The van der Waals surface area contributed by atoms with Crippen molar-refractivity contribution in [1.82, 2.24) is 15.2 Å². The van der Waals surface area contributed by atoms with Gasteiger partial charge in [-0.1, -0.05) is 36.2 Å². The number of anilines is 1. The number of carbonyl (C=O) groups is 2. The number of aromatic nitrogens is 1. The number of nitrogens with one attached hydrogen (secondary N) is 1. The quantitative estimate of drug-likeness (QED) is 0.565. The number of hydrogen-bond acceptors (Lipinski definition) is 6. The molecular formula is C21H25Cl2F3N4O3S. The van der Waals surface area contributed by atoms with E-state index in [1.807, 2.05) is 12.1 Å². The molecule has 0 saturated carbocycles. The van der Waals surface area contributed by atoms with E-state index in [0.29, 0.717) is 28.7 Å². The SMILES string of the molecule is CCc1sc(N2CCN(C)CC2)nc1C(=O)NCCc1ccc(Cl)c(Cl)c1.O=C(O)C(F)(F)F. The van der Waals surface area contributed by atoms with Crippen LogP contribution in [0.3, 0.4) is 0 Å². The van der Waals surface area contributed by atoms with Gasteiger partial charge >= 0.3 is 12.1 Å². The highest BCUT2D eigenvalue weighted by molar-refractivity contribution is 7.15. The largest absolute Gasteiger partial charge is 0.490 e. The molecule has 34 heavy (non-hydrogen) atoms. The van der Waals surface area contributed by atoms with E-state index in [4.69, 9.17) is 33.1 Å². The maximum Gasteiger partial charge on any atom is 0.490 e. The van der Waals surface area contributed by atoms with E-state index in [0.717, 1.165) is 48.2 Å². The van der Waals surface area contributed by atoms with Gasteiger partial charge in [-0.05, 0) is 37.6 Å². The standard InChI is InChI=1S/C19H24Cl2N4OS.C2HF3O2/c1-3-16-17(23-19(27-16)25-10-8-24(2)9-11-25)18(26)22-7-6-13-4-5-14(20)15(21)12-13;3-2(4,5)1(6)7/h4-5,12H,3,6-11H2,1-2H3,(H,22,26);(H,6,7). The first kappa shape index (κ1) is 28.2. The summed E-state index contributed by atoms with van der Waals surface area (Å²) in [7, 11) is 2.13. The number of amides is 1. The Balaban J connectivity index is 0.000000509. The fraction of sp³-hybridized carbons (Fsp3) is 0.476. The van der Waals surface area contributed by atoms with E-state index in [1.165, 1.54) is 0 Å². The molecule has 1 amide bonds. The first-order valence-electron chi connectivity index (χ1n) is 10.4. The van der Waals surface area contributed by atoms with E-state index in [-0.39, 0.29) is 5.91 Å². The van der Waals surface area contributed by atoms with Gasteiger partial charge in [0, 0.05) is 37.6 Å². The van der Waals surface area contributed by atoms with E-state index in [9.17, 15) is 18.0 Å². The second-order valence-corrected chi connectivity index (χ2v) is 9.35. The first-order chi connectivity index (χ1) is 15.9. The topological polar surface area (TPSA) is 85.8 Å². The fourth-order valence-electron chi connectivity index (χ4n) is 2.99. The minimum Gasteiger partial charge on any atom is -0.475 e. The Morgan fingerprint density at radius 3 is 2.32 bits per heavy atom. The van der Waals surface area contributed by atoms with E-state index >= 15 is 0 Å². The molecular weight excluding hydrogens is 516 g/mol. The molecule has 1 saturated heterocycles. The number of thiazole rings is 1. The third kappa shape index (κ3) is 8.30. The minimum absolute atomic E-state index is 0.108. The number of carbonyl (C=O) groups excluding carboxylic acids is 1. The molecule has 1 aliphatic rings. The van der Waals surface area contributed by atoms with Crippen LogP contribution in [0.1, 0.15) is 27.9 Å². The summed E-state index contributed by atoms with van der Waals surface area (Å²) in [5.74, 6) is -2.86. The van der Waals surface area contributed by atoms with Crippen LogP contribution in [-0.4, -0.2) is 72.8 Å². The highest BCUT2D eigenvalue weighted by Gasteiger charge is 2.38. The maximum absolute atomic E-state index is 12.6. The minimum atomic E-state index is -5.08. The van der Waals surface area contributed by atoms with Crippen molar-refractivity contribution >= 4 is 51.5 Å². The summed E-state index contributed by atoms with van der Waals surface area (Å²) < 4.78 is 31.7. The number of rotatable bonds is 6. The van der Waals surface area contributed by atoms with Crippen LogP contribution in [0, 0.1) is 0 Å². The van der Waals surface area contributed by atoms with Gasteiger partial charge in [-0.3, -0.25) is 4.79 Å². The molecule has 3 rings (SSSR count). The van der Waals surface area contributed by atoms with Gasteiger partial charge in [-0.25, -0.2) is 9.78 Å². The molecule has 0 radical (unpaired) electrons. The van der Waals surface area contributed by atoms with Crippen LogP contribution < -0.4 is 10.2 Å². The van der Waals surface area contributed by atoms with Crippen molar-refractivity contribution in [3.63, 3.8) is 0 Å². The first-order valence-corrected chi connectivity index (χ1v) is 11.9. The summed E-state index contributed by atoms with van der Waals surface area (Å²) in [6, 6.07) is 5.53. The number of halogens is 5. The smallest absolute Gasteiger partial charge is 0.475 e. The number of piperazine rings is 1. The normalized spacial score (nSPS) is 14.4. The number of aryl methyl sites for hydroxylation is 1. The molecule has 0 unspecified atom stereocenters. The number of alkyl halides is 3. The van der Waals surface area contributed by atoms with Gasteiger partial charge < -0.3 is 20.2 Å². The van der Waals surface area contributed by atoms with Gasteiger partial charge in [0.2, 0.25) is 0 Å². The highest BCUT2D eigenvalue weighted by atomic mass is 35.5. The second-order valence-electron chi connectivity index (χ2n) is 7.47. The van der Waals surface area contributed by atoms with Crippen LogP contribution >= 0.6 is 34.5 Å².